The lowest BCUT2D eigenvalue weighted by atomic mass is 10.1. The van der Waals surface area contributed by atoms with E-state index in [1.54, 1.807) is 23.3 Å². The molecule has 0 aliphatic rings. The van der Waals surface area contributed by atoms with Gasteiger partial charge in [0.05, 0.1) is 15.6 Å². The smallest absolute Gasteiger partial charge is 0.240 e. The summed E-state index contributed by atoms with van der Waals surface area (Å²) < 4.78 is 42.0. The van der Waals surface area contributed by atoms with E-state index in [1.165, 1.54) is 0 Å². The van der Waals surface area contributed by atoms with E-state index in [9.17, 15) is 12.8 Å². The molecule has 3 rings (SSSR count). The molecule has 0 amide bonds. The standard InChI is InChI=1S/C16H14ClFN4O2S/c1-22-16(4-5-20-22)12-6-11(8-19-10-12)9-21-25(23,24)13-2-3-15(18)14(17)7-13/h2-8,10,21H,9H2,1H3. The number of pyridine rings is 1. The number of benzene rings is 1. The number of hydrogen-bond acceptors (Lipinski definition) is 4. The van der Waals surface area contributed by atoms with Gasteiger partial charge in [-0.15, -0.1) is 0 Å². The molecule has 6 nitrogen and oxygen atoms in total. The van der Waals surface area contributed by atoms with Gasteiger partial charge in [0.2, 0.25) is 10.0 Å². The molecule has 0 aliphatic heterocycles. The SMILES string of the molecule is Cn1nccc1-c1cncc(CNS(=O)(=O)c2ccc(F)c(Cl)c2)c1. The zero-order chi connectivity index (χ0) is 18.0. The Labute approximate surface area is 149 Å². The van der Waals surface area contributed by atoms with Crippen molar-refractivity contribution in [1.29, 1.82) is 0 Å². The van der Waals surface area contributed by atoms with Crippen LogP contribution in [-0.2, 0) is 23.6 Å². The van der Waals surface area contributed by atoms with Gasteiger partial charge in [-0.05, 0) is 35.9 Å². The molecule has 0 spiro atoms. The Hall–Kier alpha value is -2.29. The lowest BCUT2D eigenvalue weighted by Crippen LogP contribution is -2.23. The molecule has 0 saturated carbocycles. The average molecular weight is 381 g/mol. The first kappa shape index (κ1) is 17.5. The van der Waals surface area contributed by atoms with E-state index in [0.29, 0.717) is 5.56 Å². The van der Waals surface area contributed by atoms with Gasteiger partial charge in [0.15, 0.2) is 0 Å². The van der Waals surface area contributed by atoms with Crippen LogP contribution >= 0.6 is 11.6 Å². The van der Waals surface area contributed by atoms with Crippen molar-refractivity contribution in [2.75, 3.05) is 0 Å². The minimum absolute atomic E-state index is 0.0377. The van der Waals surface area contributed by atoms with Crippen LogP contribution in [0.4, 0.5) is 4.39 Å². The summed E-state index contributed by atoms with van der Waals surface area (Å²) in [6, 6.07) is 6.91. The Morgan fingerprint density at radius 1 is 1.24 bits per heavy atom. The number of halogens is 2. The number of sulfonamides is 1. The third-order valence-corrected chi connectivity index (χ3v) is 5.27. The Bertz CT molecular complexity index is 1020. The number of nitrogens with zero attached hydrogens (tertiary/aromatic N) is 3. The van der Waals surface area contributed by atoms with Crippen LogP contribution in [-0.4, -0.2) is 23.2 Å². The molecule has 1 aromatic carbocycles. The monoisotopic (exact) mass is 380 g/mol. The molecular formula is C16H14ClFN4O2S. The number of aryl methyl sites for hydroxylation is 1. The van der Waals surface area contributed by atoms with Crippen molar-refractivity contribution in [1.82, 2.24) is 19.5 Å². The van der Waals surface area contributed by atoms with Crippen molar-refractivity contribution < 1.29 is 12.8 Å². The van der Waals surface area contributed by atoms with Crippen LogP contribution in [0.1, 0.15) is 5.56 Å². The predicted octanol–water partition coefficient (Wildman–Crippen LogP) is 2.75. The van der Waals surface area contributed by atoms with Gasteiger partial charge in [0.25, 0.3) is 0 Å². The van der Waals surface area contributed by atoms with Gasteiger partial charge >= 0.3 is 0 Å². The van der Waals surface area contributed by atoms with Gasteiger partial charge in [0.1, 0.15) is 5.82 Å². The van der Waals surface area contributed by atoms with Crippen molar-refractivity contribution in [2.24, 2.45) is 7.05 Å². The van der Waals surface area contributed by atoms with Crippen molar-refractivity contribution in [3.05, 3.63) is 65.3 Å². The zero-order valence-electron chi connectivity index (χ0n) is 13.1. The number of rotatable bonds is 5. The van der Waals surface area contributed by atoms with Crippen LogP contribution in [0.25, 0.3) is 11.3 Å². The van der Waals surface area contributed by atoms with Crippen LogP contribution in [0.15, 0.2) is 53.8 Å². The largest absolute Gasteiger partial charge is 0.268 e. The van der Waals surface area contributed by atoms with Crippen LogP contribution in [0.5, 0.6) is 0 Å². The van der Waals surface area contributed by atoms with Gasteiger partial charge in [-0.2, -0.15) is 5.10 Å². The first-order valence-corrected chi connectivity index (χ1v) is 9.10. The molecule has 0 radical (unpaired) electrons. The summed E-state index contributed by atoms with van der Waals surface area (Å²) >= 11 is 5.64. The molecule has 3 aromatic rings. The molecule has 2 heterocycles. The van der Waals surface area contributed by atoms with Crippen LogP contribution in [0.3, 0.4) is 0 Å². The number of nitrogens with one attached hydrogen (secondary N) is 1. The first-order chi connectivity index (χ1) is 11.9. The third kappa shape index (κ3) is 3.87. The molecule has 25 heavy (non-hydrogen) atoms. The Morgan fingerprint density at radius 3 is 2.72 bits per heavy atom. The summed E-state index contributed by atoms with van der Waals surface area (Å²) in [7, 11) is -2.01. The topological polar surface area (TPSA) is 76.9 Å². The minimum Gasteiger partial charge on any atom is -0.268 e. The highest BCUT2D eigenvalue weighted by Gasteiger charge is 2.16. The van der Waals surface area contributed by atoms with E-state index in [4.69, 9.17) is 11.6 Å². The van der Waals surface area contributed by atoms with E-state index in [2.05, 4.69) is 14.8 Å². The molecule has 0 unspecified atom stereocenters. The Kier molecular flexibility index (Phi) is 4.85. The van der Waals surface area contributed by atoms with Crippen molar-refractivity contribution >= 4 is 21.6 Å². The number of aromatic nitrogens is 3. The average Bonchev–Trinajstić information content (AvgIpc) is 3.02. The highest BCUT2D eigenvalue weighted by Crippen LogP contribution is 2.20. The normalized spacial score (nSPS) is 11.6. The second kappa shape index (κ2) is 6.91. The van der Waals surface area contributed by atoms with Crippen molar-refractivity contribution in [3.63, 3.8) is 0 Å². The molecule has 0 aliphatic carbocycles. The summed E-state index contributed by atoms with van der Waals surface area (Å²) in [5, 5.41) is 3.85. The zero-order valence-corrected chi connectivity index (χ0v) is 14.7. The van der Waals surface area contributed by atoms with E-state index in [1.807, 2.05) is 19.2 Å². The molecule has 2 aromatic heterocycles. The molecule has 9 heteroatoms. The van der Waals surface area contributed by atoms with E-state index >= 15 is 0 Å². The predicted molar refractivity (Wildman–Crippen MR) is 91.9 cm³/mol. The maximum atomic E-state index is 13.2. The Morgan fingerprint density at radius 2 is 2.04 bits per heavy atom. The molecule has 1 N–H and O–H groups in total. The fourth-order valence-electron chi connectivity index (χ4n) is 2.29. The van der Waals surface area contributed by atoms with Gasteiger partial charge in [-0.1, -0.05) is 11.6 Å². The molecular weight excluding hydrogens is 367 g/mol. The quantitative estimate of drug-likeness (QED) is 0.738. The highest BCUT2D eigenvalue weighted by molar-refractivity contribution is 7.89. The fraction of sp³-hybridized carbons (Fsp3) is 0.125. The summed E-state index contributed by atoms with van der Waals surface area (Å²) in [5.74, 6) is -0.673. The molecule has 0 atom stereocenters. The lowest BCUT2D eigenvalue weighted by Gasteiger charge is -2.09. The van der Waals surface area contributed by atoms with E-state index < -0.39 is 15.8 Å². The first-order valence-electron chi connectivity index (χ1n) is 7.24. The summed E-state index contributed by atoms with van der Waals surface area (Å²) in [6.45, 7) is 0.0377. The van der Waals surface area contributed by atoms with E-state index in [-0.39, 0.29) is 16.5 Å². The maximum absolute atomic E-state index is 13.2. The Balaban J connectivity index is 1.79. The van der Waals surface area contributed by atoms with Gasteiger partial charge < -0.3 is 0 Å². The fourth-order valence-corrected chi connectivity index (χ4v) is 3.58. The van der Waals surface area contributed by atoms with Crippen molar-refractivity contribution in [3.8, 4) is 11.3 Å². The van der Waals surface area contributed by atoms with Crippen LogP contribution in [0, 0.1) is 5.82 Å². The molecule has 0 saturated heterocycles. The minimum atomic E-state index is -3.82. The third-order valence-electron chi connectivity index (χ3n) is 3.58. The maximum Gasteiger partial charge on any atom is 0.240 e. The number of hydrogen-bond donors (Lipinski definition) is 1. The second-order valence-corrected chi connectivity index (χ2v) is 7.50. The van der Waals surface area contributed by atoms with Crippen LogP contribution in [0.2, 0.25) is 5.02 Å². The van der Waals surface area contributed by atoms with Gasteiger partial charge in [0, 0.05) is 37.7 Å². The van der Waals surface area contributed by atoms with Crippen molar-refractivity contribution in [2.45, 2.75) is 11.4 Å². The highest BCUT2D eigenvalue weighted by atomic mass is 35.5. The molecule has 0 fully saturated rings. The molecule has 0 bridgehead atoms. The summed E-state index contributed by atoms with van der Waals surface area (Å²) in [4.78, 5) is 4.03. The van der Waals surface area contributed by atoms with Gasteiger partial charge in [-0.25, -0.2) is 17.5 Å². The van der Waals surface area contributed by atoms with Gasteiger partial charge in [-0.3, -0.25) is 9.67 Å². The lowest BCUT2D eigenvalue weighted by molar-refractivity contribution is 0.580. The van der Waals surface area contributed by atoms with Crippen LogP contribution < -0.4 is 4.72 Å². The molecule has 130 valence electrons. The second-order valence-electron chi connectivity index (χ2n) is 5.32. The summed E-state index contributed by atoms with van der Waals surface area (Å²) in [5.41, 5.74) is 2.36. The van der Waals surface area contributed by atoms with E-state index in [0.717, 1.165) is 29.5 Å². The summed E-state index contributed by atoms with van der Waals surface area (Å²) in [6.07, 6.45) is 4.91.